The molecule has 2 aromatic rings. The van der Waals surface area contributed by atoms with Crippen LogP contribution in [0.5, 0.6) is 0 Å². The van der Waals surface area contributed by atoms with Crippen molar-refractivity contribution in [1.82, 2.24) is 0 Å². The first kappa shape index (κ1) is 13.1. The van der Waals surface area contributed by atoms with Gasteiger partial charge in [0.2, 0.25) is 0 Å². The molecular formula is C16H15NO2. The predicted molar refractivity (Wildman–Crippen MR) is 75.9 cm³/mol. The van der Waals surface area contributed by atoms with Gasteiger partial charge in [-0.05, 0) is 30.7 Å². The third-order valence-electron chi connectivity index (χ3n) is 2.71. The highest BCUT2D eigenvalue weighted by Gasteiger charge is 2.09. The van der Waals surface area contributed by atoms with Crippen LogP contribution in [0.4, 0.5) is 5.69 Å². The normalized spacial score (nSPS) is 10.6. The van der Waals surface area contributed by atoms with Crippen LogP contribution < -0.4 is 5.06 Å². The molecule has 0 spiro atoms. The highest BCUT2D eigenvalue weighted by Crippen LogP contribution is 2.14. The fraction of sp³-hybridized carbons (Fsp3) is 0.0625. The first-order chi connectivity index (χ1) is 9.16. The summed E-state index contributed by atoms with van der Waals surface area (Å²) in [6.45, 7) is 1.95. The highest BCUT2D eigenvalue weighted by atomic mass is 16.5. The average Bonchev–Trinajstić information content (AvgIpc) is 2.46. The maximum Gasteiger partial charge on any atom is 0.274 e. The first-order valence-electron chi connectivity index (χ1n) is 5.99. The first-order valence-corrected chi connectivity index (χ1v) is 5.99. The van der Waals surface area contributed by atoms with Gasteiger partial charge in [0, 0.05) is 6.08 Å². The van der Waals surface area contributed by atoms with Crippen molar-refractivity contribution in [1.29, 1.82) is 0 Å². The average molecular weight is 253 g/mol. The molecule has 0 saturated carbocycles. The molecule has 0 aliphatic rings. The number of anilines is 1. The highest BCUT2D eigenvalue weighted by molar-refractivity contribution is 6.02. The molecule has 0 heterocycles. The molecule has 19 heavy (non-hydrogen) atoms. The van der Waals surface area contributed by atoms with Gasteiger partial charge >= 0.3 is 0 Å². The quantitative estimate of drug-likeness (QED) is 0.517. The van der Waals surface area contributed by atoms with E-state index >= 15 is 0 Å². The van der Waals surface area contributed by atoms with E-state index in [0.29, 0.717) is 10.8 Å². The number of hydroxylamine groups is 1. The maximum atomic E-state index is 11.8. The maximum absolute atomic E-state index is 11.8. The van der Waals surface area contributed by atoms with E-state index in [-0.39, 0.29) is 0 Å². The van der Waals surface area contributed by atoms with Crippen LogP contribution in [-0.2, 0) is 4.79 Å². The minimum atomic E-state index is -0.479. The molecule has 1 N–H and O–H groups in total. The second-order valence-corrected chi connectivity index (χ2v) is 4.23. The minimum absolute atomic E-state index is 0.452. The zero-order valence-electron chi connectivity index (χ0n) is 10.7. The van der Waals surface area contributed by atoms with Crippen molar-refractivity contribution in [2.45, 2.75) is 6.92 Å². The number of aryl methyl sites for hydroxylation is 1. The number of hydrogen-bond donors (Lipinski definition) is 1. The van der Waals surface area contributed by atoms with E-state index in [2.05, 4.69) is 0 Å². The summed E-state index contributed by atoms with van der Waals surface area (Å²) in [5.74, 6) is -0.479. The number of carbonyl (C=O) groups is 1. The molecule has 0 aromatic heterocycles. The smallest absolute Gasteiger partial charge is 0.274 e. The molecule has 2 rings (SSSR count). The molecule has 0 aliphatic carbocycles. The topological polar surface area (TPSA) is 40.5 Å². The second kappa shape index (κ2) is 5.98. The zero-order chi connectivity index (χ0) is 13.7. The molecule has 0 saturated heterocycles. The van der Waals surface area contributed by atoms with Crippen molar-refractivity contribution in [3.63, 3.8) is 0 Å². The van der Waals surface area contributed by atoms with Gasteiger partial charge in [-0.15, -0.1) is 0 Å². The van der Waals surface area contributed by atoms with Crippen LogP contribution in [0.1, 0.15) is 11.1 Å². The summed E-state index contributed by atoms with van der Waals surface area (Å²) in [6, 6.07) is 16.5. The van der Waals surface area contributed by atoms with Crippen molar-refractivity contribution in [2.75, 3.05) is 5.06 Å². The summed E-state index contributed by atoms with van der Waals surface area (Å²) >= 11 is 0. The molecule has 1 amide bonds. The van der Waals surface area contributed by atoms with Crippen LogP contribution in [0.25, 0.3) is 6.08 Å². The third-order valence-corrected chi connectivity index (χ3v) is 2.71. The molecule has 0 fully saturated rings. The Kier molecular flexibility index (Phi) is 4.11. The molecule has 0 unspecified atom stereocenters. The minimum Gasteiger partial charge on any atom is -0.281 e. The van der Waals surface area contributed by atoms with E-state index in [1.54, 1.807) is 18.2 Å². The van der Waals surface area contributed by atoms with Crippen LogP contribution in [0, 0.1) is 6.92 Å². The van der Waals surface area contributed by atoms with Crippen molar-refractivity contribution < 1.29 is 10.0 Å². The second-order valence-electron chi connectivity index (χ2n) is 4.23. The molecule has 0 atom stereocenters. The van der Waals surface area contributed by atoms with Gasteiger partial charge in [-0.2, -0.15) is 5.06 Å². The standard InChI is InChI=1S/C16H15NO2/c1-13-7-10-15(11-8-13)17(19)16(18)12-9-14-5-3-2-4-6-14/h2-12,19H,1H3/b12-9+. The zero-order valence-corrected chi connectivity index (χ0v) is 10.7. The summed E-state index contributed by atoms with van der Waals surface area (Å²) in [5, 5.41) is 10.4. The Hall–Kier alpha value is -2.39. The molecule has 0 bridgehead atoms. The van der Waals surface area contributed by atoms with Gasteiger partial charge in [0.25, 0.3) is 5.91 Å². The van der Waals surface area contributed by atoms with Crippen molar-refractivity contribution in [3.8, 4) is 0 Å². The Labute approximate surface area is 112 Å². The molecule has 3 heteroatoms. The van der Waals surface area contributed by atoms with E-state index in [4.69, 9.17) is 0 Å². The molecule has 96 valence electrons. The number of nitrogens with zero attached hydrogens (tertiary/aromatic N) is 1. The van der Waals surface area contributed by atoms with E-state index in [1.165, 1.54) is 6.08 Å². The molecule has 0 radical (unpaired) electrons. The van der Waals surface area contributed by atoms with Gasteiger partial charge in [0.15, 0.2) is 0 Å². The lowest BCUT2D eigenvalue weighted by Crippen LogP contribution is -2.24. The Morgan fingerprint density at radius 3 is 2.32 bits per heavy atom. The van der Waals surface area contributed by atoms with Gasteiger partial charge in [0.05, 0.1) is 5.69 Å². The third kappa shape index (κ3) is 3.53. The van der Waals surface area contributed by atoms with Crippen LogP contribution in [-0.4, -0.2) is 11.1 Å². The Balaban J connectivity index is 2.07. The van der Waals surface area contributed by atoms with Crippen molar-refractivity contribution in [3.05, 3.63) is 71.8 Å². The number of benzene rings is 2. The monoisotopic (exact) mass is 253 g/mol. The predicted octanol–water partition coefficient (Wildman–Crippen LogP) is 3.43. The summed E-state index contributed by atoms with van der Waals surface area (Å²) < 4.78 is 0. The Morgan fingerprint density at radius 1 is 1.05 bits per heavy atom. The molecule has 2 aromatic carbocycles. The summed E-state index contributed by atoms with van der Waals surface area (Å²) in [7, 11) is 0. The lowest BCUT2D eigenvalue weighted by Gasteiger charge is -2.12. The largest absolute Gasteiger partial charge is 0.281 e. The van der Waals surface area contributed by atoms with E-state index in [0.717, 1.165) is 11.1 Å². The Bertz CT molecular complexity index is 573. The fourth-order valence-electron chi connectivity index (χ4n) is 1.62. The van der Waals surface area contributed by atoms with Crippen LogP contribution in [0.15, 0.2) is 60.7 Å². The summed E-state index contributed by atoms with van der Waals surface area (Å²) in [5.41, 5.74) is 2.44. The molecular weight excluding hydrogens is 238 g/mol. The molecule has 0 aliphatic heterocycles. The fourth-order valence-corrected chi connectivity index (χ4v) is 1.62. The van der Waals surface area contributed by atoms with Gasteiger partial charge in [-0.25, -0.2) is 0 Å². The van der Waals surface area contributed by atoms with Gasteiger partial charge < -0.3 is 0 Å². The van der Waals surface area contributed by atoms with Gasteiger partial charge in [0.1, 0.15) is 0 Å². The van der Waals surface area contributed by atoms with Crippen LogP contribution in [0.2, 0.25) is 0 Å². The SMILES string of the molecule is Cc1ccc(N(O)C(=O)/C=C/c2ccccc2)cc1. The summed E-state index contributed by atoms with van der Waals surface area (Å²) in [6.07, 6.45) is 3.01. The number of rotatable bonds is 3. The number of amides is 1. The van der Waals surface area contributed by atoms with Crippen LogP contribution in [0.3, 0.4) is 0 Å². The van der Waals surface area contributed by atoms with Crippen molar-refractivity contribution in [2.24, 2.45) is 0 Å². The van der Waals surface area contributed by atoms with Gasteiger partial charge in [-0.1, -0.05) is 48.0 Å². The number of hydrogen-bond acceptors (Lipinski definition) is 2. The lowest BCUT2D eigenvalue weighted by molar-refractivity contribution is -0.118. The van der Waals surface area contributed by atoms with E-state index in [9.17, 15) is 10.0 Å². The van der Waals surface area contributed by atoms with E-state index in [1.807, 2.05) is 49.4 Å². The Morgan fingerprint density at radius 2 is 1.68 bits per heavy atom. The van der Waals surface area contributed by atoms with E-state index < -0.39 is 5.91 Å². The lowest BCUT2D eigenvalue weighted by atomic mass is 10.2. The number of carbonyl (C=O) groups excluding carboxylic acids is 1. The molecule has 3 nitrogen and oxygen atoms in total. The summed E-state index contributed by atoms with van der Waals surface area (Å²) in [4.78, 5) is 11.8. The van der Waals surface area contributed by atoms with Crippen LogP contribution >= 0.6 is 0 Å². The van der Waals surface area contributed by atoms with Gasteiger partial charge in [-0.3, -0.25) is 10.0 Å². The van der Waals surface area contributed by atoms with Crippen molar-refractivity contribution >= 4 is 17.7 Å².